The summed E-state index contributed by atoms with van der Waals surface area (Å²) in [6, 6.07) is 6.77. The number of aliphatic carboxylic acids is 1. The molecule has 2 fully saturated rings. The van der Waals surface area contributed by atoms with Gasteiger partial charge in [-0.3, -0.25) is 14.4 Å². The Balaban J connectivity index is 1.73. The van der Waals surface area contributed by atoms with Crippen molar-refractivity contribution in [1.82, 2.24) is 4.90 Å². The van der Waals surface area contributed by atoms with Gasteiger partial charge in [0.15, 0.2) is 0 Å². The number of carboxylic acid groups (broad SMARTS) is 1. The summed E-state index contributed by atoms with van der Waals surface area (Å²) in [5.74, 6) is 0.563. The zero-order valence-electron chi connectivity index (χ0n) is 13.3. The van der Waals surface area contributed by atoms with E-state index in [1.165, 1.54) is 0 Å². The molecule has 0 saturated carbocycles. The summed E-state index contributed by atoms with van der Waals surface area (Å²) in [4.78, 5) is 38.9. The molecule has 0 bridgehead atoms. The molecule has 1 atom stereocenters. The van der Waals surface area contributed by atoms with E-state index in [0.717, 1.165) is 24.4 Å². The second kappa shape index (κ2) is 7.25. The molecule has 2 aliphatic heterocycles. The Bertz CT molecular complexity index is 646. The highest BCUT2D eigenvalue weighted by Gasteiger charge is 2.29. The van der Waals surface area contributed by atoms with Crippen LogP contribution in [0.5, 0.6) is 0 Å². The fourth-order valence-electron chi connectivity index (χ4n) is 3.16. The predicted molar refractivity (Wildman–Crippen MR) is 92.4 cm³/mol. The zero-order valence-corrected chi connectivity index (χ0v) is 14.1. The number of amides is 2. The van der Waals surface area contributed by atoms with Crippen molar-refractivity contribution in [3.8, 4) is 0 Å². The van der Waals surface area contributed by atoms with Crippen LogP contribution in [-0.4, -0.2) is 58.4 Å². The van der Waals surface area contributed by atoms with Crippen LogP contribution in [0.25, 0.3) is 0 Å². The maximum Gasteiger partial charge on any atom is 0.305 e. The molecule has 2 aliphatic rings. The van der Waals surface area contributed by atoms with Crippen molar-refractivity contribution in [2.75, 3.05) is 29.5 Å². The second-order valence-electron chi connectivity index (χ2n) is 6.02. The number of carbonyl (C=O) groups excluding carboxylic acids is 2. The third kappa shape index (κ3) is 3.56. The molecule has 128 valence electrons. The molecule has 1 unspecified atom stereocenters. The summed E-state index contributed by atoms with van der Waals surface area (Å²) in [6.07, 6.45) is 1.41. The first-order valence-corrected chi connectivity index (χ1v) is 9.22. The summed E-state index contributed by atoms with van der Waals surface area (Å²) in [5, 5.41) is 9.03. The molecule has 3 rings (SSSR count). The van der Waals surface area contributed by atoms with Crippen molar-refractivity contribution >= 4 is 35.2 Å². The van der Waals surface area contributed by atoms with Crippen LogP contribution in [0.15, 0.2) is 24.3 Å². The van der Waals surface area contributed by atoms with Crippen molar-refractivity contribution in [2.45, 2.75) is 25.3 Å². The highest BCUT2D eigenvalue weighted by atomic mass is 32.2. The maximum atomic E-state index is 12.7. The Kier molecular flexibility index (Phi) is 5.08. The van der Waals surface area contributed by atoms with Gasteiger partial charge in [-0.15, -0.1) is 0 Å². The van der Waals surface area contributed by atoms with E-state index in [0.29, 0.717) is 24.3 Å². The van der Waals surface area contributed by atoms with Gasteiger partial charge < -0.3 is 14.9 Å². The molecule has 2 saturated heterocycles. The zero-order chi connectivity index (χ0) is 17.1. The van der Waals surface area contributed by atoms with E-state index in [1.807, 2.05) is 0 Å². The molecule has 0 aromatic heterocycles. The monoisotopic (exact) mass is 348 g/mol. The lowest BCUT2D eigenvalue weighted by Crippen LogP contribution is -2.47. The molecular formula is C17H20N2O4S. The van der Waals surface area contributed by atoms with Crippen LogP contribution in [0, 0.1) is 0 Å². The largest absolute Gasteiger partial charge is 0.481 e. The topological polar surface area (TPSA) is 77.9 Å². The SMILES string of the molecule is O=C(O)CC1CSCCN1C(=O)c1ccc(N2CCCC2=O)cc1. The Labute approximate surface area is 144 Å². The van der Waals surface area contributed by atoms with Crippen molar-refractivity contribution in [3.63, 3.8) is 0 Å². The fourth-order valence-corrected chi connectivity index (χ4v) is 4.23. The van der Waals surface area contributed by atoms with Crippen LogP contribution < -0.4 is 4.90 Å². The number of nitrogens with zero attached hydrogens (tertiary/aromatic N) is 2. The minimum atomic E-state index is -0.886. The van der Waals surface area contributed by atoms with Gasteiger partial charge in [0.05, 0.1) is 12.5 Å². The molecule has 2 amide bonds. The standard InChI is InChI=1S/C17H20N2O4S/c20-15-2-1-7-18(15)13-5-3-12(4-6-13)17(23)19-8-9-24-11-14(19)10-16(21)22/h3-6,14H,1-2,7-11H2,(H,21,22). The smallest absolute Gasteiger partial charge is 0.305 e. The number of thioether (sulfide) groups is 1. The Morgan fingerprint density at radius 1 is 1.21 bits per heavy atom. The Morgan fingerprint density at radius 2 is 1.96 bits per heavy atom. The highest BCUT2D eigenvalue weighted by molar-refractivity contribution is 7.99. The van der Waals surface area contributed by atoms with Gasteiger partial charge in [0, 0.05) is 42.3 Å². The van der Waals surface area contributed by atoms with Gasteiger partial charge in [-0.2, -0.15) is 11.8 Å². The van der Waals surface area contributed by atoms with Crippen LogP contribution >= 0.6 is 11.8 Å². The normalized spacial score (nSPS) is 21.2. The van der Waals surface area contributed by atoms with E-state index in [2.05, 4.69) is 0 Å². The first kappa shape index (κ1) is 16.8. The van der Waals surface area contributed by atoms with Gasteiger partial charge in [-0.25, -0.2) is 0 Å². The first-order chi connectivity index (χ1) is 11.6. The van der Waals surface area contributed by atoms with Crippen molar-refractivity contribution in [3.05, 3.63) is 29.8 Å². The summed E-state index contributed by atoms with van der Waals surface area (Å²) >= 11 is 1.68. The lowest BCUT2D eigenvalue weighted by molar-refractivity contribution is -0.138. The van der Waals surface area contributed by atoms with Crippen LogP contribution in [-0.2, 0) is 9.59 Å². The first-order valence-electron chi connectivity index (χ1n) is 8.07. The number of carboxylic acids is 1. The molecular weight excluding hydrogens is 328 g/mol. The van der Waals surface area contributed by atoms with Gasteiger partial charge in [0.25, 0.3) is 5.91 Å². The van der Waals surface area contributed by atoms with Gasteiger partial charge in [0.2, 0.25) is 5.91 Å². The van der Waals surface area contributed by atoms with Gasteiger partial charge in [-0.1, -0.05) is 0 Å². The van der Waals surface area contributed by atoms with E-state index in [9.17, 15) is 14.4 Å². The Morgan fingerprint density at radius 3 is 2.58 bits per heavy atom. The predicted octanol–water partition coefficient (Wildman–Crippen LogP) is 1.85. The number of benzene rings is 1. The van der Waals surface area contributed by atoms with Gasteiger partial charge in [-0.05, 0) is 30.7 Å². The molecule has 6 nitrogen and oxygen atoms in total. The van der Waals surface area contributed by atoms with E-state index >= 15 is 0 Å². The summed E-state index contributed by atoms with van der Waals surface area (Å²) < 4.78 is 0. The Hall–Kier alpha value is -2.02. The third-order valence-corrected chi connectivity index (χ3v) is 5.49. The van der Waals surface area contributed by atoms with E-state index < -0.39 is 5.97 Å². The lowest BCUT2D eigenvalue weighted by atomic mass is 10.1. The number of hydrogen-bond donors (Lipinski definition) is 1. The van der Waals surface area contributed by atoms with Gasteiger partial charge >= 0.3 is 5.97 Å². The molecule has 24 heavy (non-hydrogen) atoms. The second-order valence-corrected chi connectivity index (χ2v) is 7.17. The van der Waals surface area contributed by atoms with Crippen LogP contribution in [0.3, 0.4) is 0 Å². The number of rotatable bonds is 4. The highest BCUT2D eigenvalue weighted by Crippen LogP contribution is 2.24. The molecule has 1 aromatic rings. The van der Waals surface area contributed by atoms with Crippen LogP contribution in [0.2, 0.25) is 0 Å². The fraction of sp³-hybridized carbons (Fsp3) is 0.471. The molecule has 0 aliphatic carbocycles. The molecule has 0 radical (unpaired) electrons. The minimum Gasteiger partial charge on any atom is -0.481 e. The molecule has 0 spiro atoms. The number of hydrogen-bond acceptors (Lipinski definition) is 4. The van der Waals surface area contributed by atoms with Crippen molar-refractivity contribution in [2.24, 2.45) is 0 Å². The minimum absolute atomic E-state index is 0.0287. The van der Waals surface area contributed by atoms with Crippen molar-refractivity contribution in [1.29, 1.82) is 0 Å². The number of anilines is 1. The average Bonchev–Trinajstić information content (AvgIpc) is 3.00. The van der Waals surface area contributed by atoms with Crippen LogP contribution in [0.1, 0.15) is 29.6 Å². The molecule has 1 aromatic carbocycles. The quantitative estimate of drug-likeness (QED) is 0.898. The molecule has 1 N–H and O–H groups in total. The summed E-state index contributed by atoms with van der Waals surface area (Å²) in [6.45, 7) is 1.28. The van der Waals surface area contributed by atoms with Gasteiger partial charge in [0.1, 0.15) is 0 Å². The lowest BCUT2D eigenvalue weighted by Gasteiger charge is -2.34. The van der Waals surface area contributed by atoms with E-state index in [-0.39, 0.29) is 24.3 Å². The maximum absolute atomic E-state index is 12.7. The molecule has 7 heteroatoms. The third-order valence-electron chi connectivity index (χ3n) is 4.40. The van der Waals surface area contributed by atoms with E-state index in [4.69, 9.17) is 5.11 Å². The summed E-state index contributed by atoms with van der Waals surface area (Å²) in [7, 11) is 0. The van der Waals surface area contributed by atoms with Crippen LogP contribution in [0.4, 0.5) is 5.69 Å². The molecule has 2 heterocycles. The van der Waals surface area contributed by atoms with E-state index in [1.54, 1.807) is 45.8 Å². The number of carbonyl (C=O) groups is 3. The summed E-state index contributed by atoms with van der Waals surface area (Å²) in [5.41, 5.74) is 1.35. The average molecular weight is 348 g/mol. The van der Waals surface area contributed by atoms with Crippen molar-refractivity contribution < 1.29 is 19.5 Å².